The van der Waals surface area contributed by atoms with Gasteiger partial charge < -0.3 is 4.90 Å². The standard InChI is InChI=1S/C24H25N5O2S2/c1-17-9-3-4-10-18(17)29-21(15-28-19-11-5-6-12-20(19)33-24(28)31)25-26-23(29)32-16-22(30)27-13-7-2-8-14-27/h3-6,9-12H,2,7-8,13-16H2,1H3. The number of rotatable bonds is 6. The molecule has 3 heterocycles. The molecule has 0 N–H and O–H groups in total. The van der Waals surface area contributed by atoms with Gasteiger partial charge in [0.1, 0.15) is 0 Å². The van der Waals surface area contributed by atoms with Gasteiger partial charge in [0.25, 0.3) is 0 Å². The van der Waals surface area contributed by atoms with Gasteiger partial charge in [-0.3, -0.25) is 18.7 Å². The van der Waals surface area contributed by atoms with Crippen molar-refractivity contribution in [1.29, 1.82) is 0 Å². The minimum absolute atomic E-state index is 0.0231. The van der Waals surface area contributed by atoms with E-state index in [2.05, 4.69) is 10.2 Å². The molecule has 2 aromatic heterocycles. The van der Waals surface area contributed by atoms with Gasteiger partial charge >= 0.3 is 4.87 Å². The fourth-order valence-electron chi connectivity index (χ4n) is 4.22. The van der Waals surface area contributed by atoms with Crippen LogP contribution in [-0.4, -0.2) is 49.0 Å². The summed E-state index contributed by atoms with van der Waals surface area (Å²) in [6.07, 6.45) is 3.34. The summed E-state index contributed by atoms with van der Waals surface area (Å²) in [6, 6.07) is 15.8. The van der Waals surface area contributed by atoms with Crippen molar-refractivity contribution in [3.8, 4) is 5.69 Å². The maximum atomic E-state index is 12.7. The van der Waals surface area contributed by atoms with Gasteiger partial charge in [0, 0.05) is 13.1 Å². The topological polar surface area (TPSA) is 73.0 Å². The van der Waals surface area contributed by atoms with Crippen molar-refractivity contribution >= 4 is 39.2 Å². The summed E-state index contributed by atoms with van der Waals surface area (Å²) in [5.41, 5.74) is 2.92. The predicted octanol–water partition coefficient (Wildman–Crippen LogP) is 4.11. The van der Waals surface area contributed by atoms with E-state index in [4.69, 9.17) is 0 Å². The first-order valence-corrected chi connectivity index (χ1v) is 12.9. The molecule has 0 bridgehead atoms. The molecule has 0 radical (unpaired) electrons. The van der Waals surface area contributed by atoms with E-state index in [0.29, 0.717) is 23.3 Å². The maximum Gasteiger partial charge on any atom is 0.308 e. The Morgan fingerprint density at radius 3 is 2.61 bits per heavy atom. The number of amides is 1. The lowest BCUT2D eigenvalue weighted by Crippen LogP contribution is -2.36. The van der Waals surface area contributed by atoms with Crippen LogP contribution >= 0.6 is 23.1 Å². The number of likely N-dealkylation sites (tertiary alicyclic amines) is 1. The molecule has 0 saturated carbocycles. The van der Waals surface area contributed by atoms with Crippen LogP contribution in [0.4, 0.5) is 0 Å². The van der Waals surface area contributed by atoms with Crippen LogP contribution in [0, 0.1) is 6.92 Å². The number of hydrogen-bond acceptors (Lipinski definition) is 6. The Morgan fingerprint density at radius 1 is 1.03 bits per heavy atom. The molecular formula is C24H25N5O2S2. The van der Waals surface area contributed by atoms with Gasteiger partial charge in [-0.15, -0.1) is 10.2 Å². The molecule has 0 spiro atoms. The molecule has 1 aliphatic rings. The first-order valence-electron chi connectivity index (χ1n) is 11.1. The lowest BCUT2D eigenvalue weighted by Gasteiger charge is -2.26. The molecule has 1 amide bonds. The van der Waals surface area contributed by atoms with Crippen LogP contribution in [0.1, 0.15) is 30.7 Å². The van der Waals surface area contributed by atoms with Crippen molar-refractivity contribution in [2.24, 2.45) is 0 Å². The monoisotopic (exact) mass is 479 g/mol. The molecule has 4 aromatic rings. The number of benzene rings is 2. The second-order valence-electron chi connectivity index (χ2n) is 8.17. The summed E-state index contributed by atoms with van der Waals surface area (Å²) in [7, 11) is 0. The second kappa shape index (κ2) is 9.52. The van der Waals surface area contributed by atoms with Crippen molar-refractivity contribution in [2.45, 2.75) is 37.9 Å². The predicted molar refractivity (Wildman–Crippen MR) is 132 cm³/mol. The largest absolute Gasteiger partial charge is 0.342 e. The molecule has 1 saturated heterocycles. The van der Waals surface area contributed by atoms with E-state index in [0.717, 1.165) is 47.4 Å². The Kier molecular flexibility index (Phi) is 6.32. The minimum atomic E-state index is -0.0231. The molecule has 0 aliphatic carbocycles. The van der Waals surface area contributed by atoms with Gasteiger partial charge in [0.15, 0.2) is 11.0 Å². The summed E-state index contributed by atoms with van der Waals surface area (Å²) in [4.78, 5) is 27.4. The Morgan fingerprint density at radius 2 is 1.79 bits per heavy atom. The van der Waals surface area contributed by atoms with E-state index >= 15 is 0 Å². The van der Waals surface area contributed by atoms with E-state index in [1.165, 1.54) is 29.5 Å². The molecule has 5 rings (SSSR count). The fraction of sp³-hybridized carbons (Fsp3) is 0.333. The lowest BCUT2D eigenvalue weighted by molar-refractivity contribution is -0.129. The number of piperidine rings is 1. The van der Waals surface area contributed by atoms with E-state index in [1.807, 2.05) is 64.9 Å². The highest BCUT2D eigenvalue weighted by atomic mass is 32.2. The molecule has 7 nitrogen and oxygen atoms in total. The fourth-order valence-corrected chi connectivity index (χ4v) is 5.98. The van der Waals surface area contributed by atoms with Crippen LogP contribution in [0.3, 0.4) is 0 Å². The second-order valence-corrected chi connectivity index (χ2v) is 10.1. The summed E-state index contributed by atoms with van der Waals surface area (Å²) in [5.74, 6) is 1.13. The summed E-state index contributed by atoms with van der Waals surface area (Å²) in [5, 5.41) is 9.56. The molecule has 2 aromatic carbocycles. The van der Waals surface area contributed by atoms with Gasteiger partial charge in [0.05, 0.1) is 28.2 Å². The number of thioether (sulfide) groups is 1. The van der Waals surface area contributed by atoms with Gasteiger partial charge in [-0.05, 0) is 49.9 Å². The van der Waals surface area contributed by atoms with E-state index in [-0.39, 0.29) is 10.8 Å². The number of fused-ring (bicyclic) bond motifs is 1. The Balaban J connectivity index is 1.48. The quantitative estimate of drug-likeness (QED) is 0.389. The van der Waals surface area contributed by atoms with Crippen LogP contribution in [0.2, 0.25) is 0 Å². The van der Waals surface area contributed by atoms with Crippen LogP contribution < -0.4 is 4.87 Å². The number of hydrogen-bond donors (Lipinski definition) is 0. The third-order valence-corrected chi connectivity index (χ3v) is 7.84. The average Bonchev–Trinajstić information content (AvgIpc) is 3.39. The zero-order valence-corrected chi connectivity index (χ0v) is 20.1. The van der Waals surface area contributed by atoms with Crippen molar-refractivity contribution in [2.75, 3.05) is 18.8 Å². The molecule has 170 valence electrons. The number of carbonyl (C=O) groups excluding carboxylic acids is 1. The number of aromatic nitrogens is 4. The van der Waals surface area contributed by atoms with Crippen molar-refractivity contribution in [3.05, 3.63) is 69.6 Å². The van der Waals surface area contributed by atoms with Crippen LogP contribution in [0.15, 0.2) is 58.5 Å². The molecule has 0 atom stereocenters. The third kappa shape index (κ3) is 4.47. The molecule has 1 fully saturated rings. The van der Waals surface area contributed by atoms with E-state index in [1.54, 1.807) is 4.57 Å². The normalized spacial score (nSPS) is 14.2. The lowest BCUT2D eigenvalue weighted by atomic mass is 10.1. The Labute approximate surface area is 200 Å². The Bertz CT molecular complexity index is 1350. The number of thiazole rings is 1. The zero-order chi connectivity index (χ0) is 22.8. The molecule has 33 heavy (non-hydrogen) atoms. The van der Waals surface area contributed by atoms with Crippen LogP contribution in [-0.2, 0) is 11.3 Å². The zero-order valence-electron chi connectivity index (χ0n) is 18.4. The Hall–Kier alpha value is -2.91. The van der Waals surface area contributed by atoms with Crippen molar-refractivity contribution < 1.29 is 4.79 Å². The average molecular weight is 480 g/mol. The highest BCUT2D eigenvalue weighted by Crippen LogP contribution is 2.26. The molecular weight excluding hydrogens is 454 g/mol. The summed E-state index contributed by atoms with van der Waals surface area (Å²) in [6.45, 7) is 4.02. The number of aryl methyl sites for hydroxylation is 1. The summed E-state index contributed by atoms with van der Waals surface area (Å²) >= 11 is 2.64. The third-order valence-electron chi connectivity index (χ3n) is 5.96. The summed E-state index contributed by atoms with van der Waals surface area (Å²) < 4.78 is 4.68. The van der Waals surface area contributed by atoms with Gasteiger partial charge in [-0.2, -0.15) is 0 Å². The first kappa shape index (κ1) is 21.9. The first-order chi connectivity index (χ1) is 16.1. The highest BCUT2D eigenvalue weighted by molar-refractivity contribution is 7.99. The number of nitrogens with zero attached hydrogens (tertiary/aromatic N) is 5. The number of para-hydroxylation sites is 2. The van der Waals surface area contributed by atoms with Gasteiger partial charge in [-0.25, -0.2) is 0 Å². The smallest absolute Gasteiger partial charge is 0.308 e. The minimum Gasteiger partial charge on any atom is -0.342 e. The molecule has 1 aliphatic heterocycles. The number of carbonyl (C=O) groups is 1. The molecule has 9 heteroatoms. The van der Waals surface area contributed by atoms with Crippen molar-refractivity contribution in [1.82, 2.24) is 24.2 Å². The van der Waals surface area contributed by atoms with Gasteiger partial charge in [0.2, 0.25) is 5.91 Å². The molecule has 0 unspecified atom stereocenters. The maximum absolute atomic E-state index is 12.7. The van der Waals surface area contributed by atoms with Crippen LogP contribution in [0.5, 0.6) is 0 Å². The van der Waals surface area contributed by atoms with Crippen LogP contribution in [0.25, 0.3) is 15.9 Å². The highest BCUT2D eigenvalue weighted by Gasteiger charge is 2.21. The van der Waals surface area contributed by atoms with E-state index in [9.17, 15) is 9.59 Å². The SMILES string of the molecule is Cc1ccccc1-n1c(Cn2c(=O)sc3ccccc32)nnc1SCC(=O)N1CCCCC1. The van der Waals surface area contributed by atoms with Gasteiger partial charge in [-0.1, -0.05) is 53.4 Å². The van der Waals surface area contributed by atoms with Crippen molar-refractivity contribution in [3.63, 3.8) is 0 Å². The van der Waals surface area contributed by atoms with E-state index < -0.39 is 0 Å².